The third-order valence-corrected chi connectivity index (χ3v) is 8.92. The van der Waals surface area contributed by atoms with E-state index in [-0.39, 0.29) is 0 Å². The van der Waals surface area contributed by atoms with Crippen LogP contribution in [0.3, 0.4) is 0 Å². The molecule has 2 heterocycles. The summed E-state index contributed by atoms with van der Waals surface area (Å²) >= 11 is 0. The van der Waals surface area contributed by atoms with Crippen LogP contribution in [-0.2, 0) is 0 Å². The van der Waals surface area contributed by atoms with Gasteiger partial charge in [0, 0.05) is 27.5 Å². The molecule has 0 radical (unpaired) electrons. The van der Waals surface area contributed by atoms with Crippen molar-refractivity contribution in [2.75, 3.05) is 0 Å². The van der Waals surface area contributed by atoms with E-state index in [4.69, 9.17) is 19.4 Å². The number of hydrogen-bond donors (Lipinski definition) is 0. The van der Waals surface area contributed by atoms with Crippen LogP contribution in [0.2, 0.25) is 0 Å². The van der Waals surface area contributed by atoms with Crippen molar-refractivity contribution in [3.63, 3.8) is 0 Å². The molecule has 7 aromatic carbocycles. The zero-order chi connectivity index (χ0) is 32.6. The maximum Gasteiger partial charge on any atom is 0.164 e. The smallest absolute Gasteiger partial charge is 0.164 e. The Morgan fingerprint density at radius 2 is 0.653 bits per heavy atom. The lowest BCUT2D eigenvalue weighted by Gasteiger charge is -2.11. The summed E-state index contributed by atoms with van der Waals surface area (Å²) in [5.41, 5.74) is 11.3. The van der Waals surface area contributed by atoms with Crippen molar-refractivity contribution >= 4 is 21.9 Å². The summed E-state index contributed by atoms with van der Waals surface area (Å²) in [5.74, 6) is 1.84. The fraction of sp³-hybridized carbons (Fsp3) is 0. The van der Waals surface area contributed by atoms with E-state index in [2.05, 4.69) is 133 Å². The molecule has 4 heteroatoms. The maximum absolute atomic E-state index is 6.12. The molecule has 0 bridgehead atoms. The number of nitrogens with zero attached hydrogens (tertiary/aromatic N) is 3. The van der Waals surface area contributed by atoms with Gasteiger partial charge in [0.15, 0.2) is 17.5 Å². The van der Waals surface area contributed by atoms with Gasteiger partial charge in [-0.3, -0.25) is 0 Å². The second kappa shape index (κ2) is 12.2. The van der Waals surface area contributed by atoms with Crippen LogP contribution in [0.1, 0.15) is 0 Å². The van der Waals surface area contributed by atoms with E-state index in [0.717, 1.165) is 60.9 Å². The van der Waals surface area contributed by atoms with Gasteiger partial charge in [0.1, 0.15) is 11.2 Å². The van der Waals surface area contributed by atoms with Crippen molar-refractivity contribution < 1.29 is 4.42 Å². The first kappa shape index (κ1) is 28.6. The molecule has 0 aliphatic heterocycles. The lowest BCUT2D eigenvalue weighted by atomic mass is 9.98. The van der Waals surface area contributed by atoms with Crippen LogP contribution < -0.4 is 0 Å². The van der Waals surface area contributed by atoms with E-state index in [1.165, 1.54) is 11.1 Å². The number of aromatic nitrogens is 3. The number of para-hydroxylation sites is 1. The Bertz CT molecular complexity index is 2610. The van der Waals surface area contributed by atoms with Gasteiger partial charge in [-0.15, -0.1) is 0 Å². The number of furan rings is 1. The van der Waals surface area contributed by atoms with Crippen LogP contribution in [0.25, 0.3) is 89.5 Å². The fourth-order valence-electron chi connectivity index (χ4n) is 6.44. The van der Waals surface area contributed by atoms with Crippen molar-refractivity contribution in [3.05, 3.63) is 176 Å². The average Bonchev–Trinajstić information content (AvgIpc) is 3.57. The van der Waals surface area contributed by atoms with Gasteiger partial charge in [-0.25, -0.2) is 15.0 Å². The molecule has 0 saturated heterocycles. The number of fused-ring (bicyclic) bond motifs is 3. The molecule has 0 fully saturated rings. The lowest BCUT2D eigenvalue weighted by Crippen LogP contribution is -2.00. The molecule has 230 valence electrons. The van der Waals surface area contributed by atoms with Crippen molar-refractivity contribution in [2.45, 2.75) is 0 Å². The van der Waals surface area contributed by atoms with Gasteiger partial charge < -0.3 is 4.42 Å². The number of benzene rings is 7. The van der Waals surface area contributed by atoms with Crippen molar-refractivity contribution in [1.82, 2.24) is 15.0 Å². The van der Waals surface area contributed by atoms with Crippen molar-refractivity contribution in [1.29, 1.82) is 0 Å². The molecule has 0 aliphatic carbocycles. The fourth-order valence-corrected chi connectivity index (χ4v) is 6.44. The molecule has 0 spiro atoms. The largest absolute Gasteiger partial charge is 0.456 e. The molecule has 2 aromatic heterocycles. The summed E-state index contributed by atoms with van der Waals surface area (Å²) in [6, 6.07) is 60.6. The highest BCUT2D eigenvalue weighted by Gasteiger charge is 2.16. The second-order valence-electron chi connectivity index (χ2n) is 12.1. The van der Waals surface area contributed by atoms with Crippen LogP contribution in [-0.4, -0.2) is 15.0 Å². The average molecular weight is 628 g/mol. The normalized spacial score (nSPS) is 11.3. The molecule has 9 rings (SSSR count). The Morgan fingerprint density at radius 3 is 1.20 bits per heavy atom. The number of rotatable bonds is 6. The topological polar surface area (TPSA) is 51.8 Å². The van der Waals surface area contributed by atoms with E-state index in [1.807, 2.05) is 42.5 Å². The van der Waals surface area contributed by atoms with E-state index in [9.17, 15) is 0 Å². The van der Waals surface area contributed by atoms with Crippen LogP contribution in [0.4, 0.5) is 0 Å². The van der Waals surface area contributed by atoms with E-state index < -0.39 is 0 Å². The molecule has 0 N–H and O–H groups in total. The van der Waals surface area contributed by atoms with Gasteiger partial charge in [0.25, 0.3) is 0 Å². The summed E-state index contributed by atoms with van der Waals surface area (Å²) < 4.78 is 6.12. The molecule has 0 atom stereocenters. The summed E-state index contributed by atoms with van der Waals surface area (Å²) in [6.07, 6.45) is 0. The summed E-state index contributed by atoms with van der Waals surface area (Å²) in [4.78, 5) is 15.3. The van der Waals surface area contributed by atoms with E-state index in [0.29, 0.717) is 17.5 Å². The SMILES string of the molecule is c1ccc(-c2cccc(-c3cccc(-c4nc(-c5cccc(-c6ccccc6)c5)nc(-c5ccc6oc7ccccc7c6c5)n4)c3)c2)cc1. The summed E-state index contributed by atoms with van der Waals surface area (Å²) in [7, 11) is 0. The Kier molecular flexibility index (Phi) is 7.10. The molecule has 0 aliphatic rings. The Labute approximate surface area is 284 Å². The third-order valence-electron chi connectivity index (χ3n) is 8.92. The predicted molar refractivity (Wildman–Crippen MR) is 200 cm³/mol. The van der Waals surface area contributed by atoms with Gasteiger partial charge in [-0.05, 0) is 75.8 Å². The standard InChI is InChI=1S/C45H29N3O/c1-3-12-30(13-4-1)32-16-9-18-34(26-32)35-19-11-21-37(28-35)44-46-43(36-20-10-17-33(27-36)31-14-5-2-6-15-31)47-45(48-44)38-24-25-42-40(29-38)39-22-7-8-23-41(39)49-42/h1-29H. The minimum absolute atomic E-state index is 0.605. The lowest BCUT2D eigenvalue weighted by molar-refractivity contribution is 0.669. The quantitative estimate of drug-likeness (QED) is 0.184. The molecule has 4 nitrogen and oxygen atoms in total. The van der Waals surface area contributed by atoms with Crippen LogP contribution in [0.5, 0.6) is 0 Å². The van der Waals surface area contributed by atoms with Crippen molar-refractivity contribution in [2.24, 2.45) is 0 Å². The molecule has 49 heavy (non-hydrogen) atoms. The maximum atomic E-state index is 6.12. The summed E-state index contributed by atoms with van der Waals surface area (Å²) in [6.45, 7) is 0. The van der Waals surface area contributed by atoms with Gasteiger partial charge in [0.05, 0.1) is 0 Å². The molecule has 0 amide bonds. The Balaban J connectivity index is 1.19. The van der Waals surface area contributed by atoms with Gasteiger partial charge >= 0.3 is 0 Å². The minimum atomic E-state index is 0.605. The van der Waals surface area contributed by atoms with Crippen LogP contribution in [0, 0.1) is 0 Å². The highest BCUT2D eigenvalue weighted by molar-refractivity contribution is 6.06. The summed E-state index contributed by atoms with van der Waals surface area (Å²) in [5, 5.41) is 2.10. The molecular formula is C45H29N3O. The van der Waals surface area contributed by atoms with E-state index in [1.54, 1.807) is 0 Å². The van der Waals surface area contributed by atoms with Crippen molar-refractivity contribution in [3.8, 4) is 67.5 Å². The highest BCUT2D eigenvalue weighted by Crippen LogP contribution is 2.34. The van der Waals surface area contributed by atoms with E-state index >= 15 is 0 Å². The zero-order valence-corrected chi connectivity index (χ0v) is 26.5. The first-order chi connectivity index (χ1) is 24.2. The third kappa shape index (κ3) is 5.56. The zero-order valence-electron chi connectivity index (χ0n) is 26.5. The second-order valence-corrected chi connectivity index (χ2v) is 12.1. The first-order valence-corrected chi connectivity index (χ1v) is 16.4. The Hall–Kier alpha value is -6.65. The minimum Gasteiger partial charge on any atom is -0.456 e. The first-order valence-electron chi connectivity index (χ1n) is 16.4. The molecular weight excluding hydrogens is 599 g/mol. The Morgan fingerprint density at radius 1 is 0.265 bits per heavy atom. The van der Waals surface area contributed by atoms with Gasteiger partial charge in [-0.1, -0.05) is 133 Å². The van der Waals surface area contributed by atoms with Gasteiger partial charge in [0.2, 0.25) is 0 Å². The molecule has 0 unspecified atom stereocenters. The van der Waals surface area contributed by atoms with Gasteiger partial charge in [-0.2, -0.15) is 0 Å². The monoisotopic (exact) mass is 627 g/mol. The number of hydrogen-bond acceptors (Lipinski definition) is 4. The molecule has 9 aromatic rings. The highest BCUT2D eigenvalue weighted by atomic mass is 16.3. The molecule has 0 saturated carbocycles. The predicted octanol–water partition coefficient (Wildman–Crippen LogP) is 11.8. The van der Waals surface area contributed by atoms with Crippen LogP contribution in [0.15, 0.2) is 180 Å². The van der Waals surface area contributed by atoms with Crippen LogP contribution >= 0.6 is 0 Å².